The van der Waals surface area contributed by atoms with Gasteiger partial charge in [0.1, 0.15) is 6.42 Å². The van der Waals surface area contributed by atoms with Gasteiger partial charge >= 0.3 is 11.9 Å². The van der Waals surface area contributed by atoms with E-state index in [4.69, 9.17) is 9.84 Å². The summed E-state index contributed by atoms with van der Waals surface area (Å²) in [6.45, 7) is 7.58. The molecule has 2 bridgehead atoms. The molecule has 4 rings (SSSR count). The molecule has 2 unspecified atom stereocenters. The third-order valence-corrected chi connectivity index (χ3v) is 8.90. The topological polar surface area (TPSA) is 63.6 Å². The zero-order valence-electron chi connectivity index (χ0n) is 17.1. The van der Waals surface area contributed by atoms with Crippen LogP contribution in [0.25, 0.3) is 0 Å². The van der Waals surface area contributed by atoms with Crippen molar-refractivity contribution in [2.75, 3.05) is 6.61 Å². The maximum absolute atomic E-state index is 11.8. The number of rotatable bonds is 4. The molecule has 0 aromatic heterocycles. The fourth-order valence-corrected chi connectivity index (χ4v) is 7.86. The zero-order chi connectivity index (χ0) is 19.5. The third-order valence-electron chi connectivity index (χ3n) is 8.90. The first kappa shape index (κ1) is 19.0. The van der Waals surface area contributed by atoms with E-state index in [0.29, 0.717) is 28.8 Å². The number of hydrogen-bond acceptors (Lipinski definition) is 3. The Bertz CT molecular complexity index is 684. The molecule has 0 saturated heterocycles. The van der Waals surface area contributed by atoms with Gasteiger partial charge in [0.05, 0.1) is 6.61 Å². The van der Waals surface area contributed by atoms with E-state index in [0.717, 1.165) is 12.3 Å². The van der Waals surface area contributed by atoms with Crippen LogP contribution in [-0.2, 0) is 14.3 Å². The average Bonchev–Trinajstić information content (AvgIpc) is 2.82. The second-order valence-electron chi connectivity index (χ2n) is 10.8. The van der Waals surface area contributed by atoms with Gasteiger partial charge in [0, 0.05) is 5.41 Å². The Kier molecular flexibility index (Phi) is 4.29. The van der Waals surface area contributed by atoms with E-state index in [9.17, 15) is 9.59 Å². The van der Waals surface area contributed by atoms with E-state index in [1.807, 2.05) is 0 Å². The maximum Gasteiger partial charge on any atom is 0.317 e. The van der Waals surface area contributed by atoms with Crippen LogP contribution < -0.4 is 0 Å². The Hall–Kier alpha value is -1.32. The summed E-state index contributed by atoms with van der Waals surface area (Å²) in [5.41, 5.74) is 1.05. The highest BCUT2D eigenvalue weighted by molar-refractivity contribution is 5.90. The number of aliphatic carboxylic acids is 1. The van der Waals surface area contributed by atoms with Crippen LogP contribution in [-0.4, -0.2) is 23.7 Å². The molecule has 0 radical (unpaired) electrons. The molecule has 3 saturated carbocycles. The number of allylic oxidation sites excluding steroid dienone is 2. The lowest BCUT2D eigenvalue weighted by Gasteiger charge is -2.64. The maximum atomic E-state index is 11.8. The first-order valence-corrected chi connectivity index (χ1v) is 10.7. The minimum absolute atomic E-state index is 0.0359. The normalized spacial score (nSPS) is 47.8. The summed E-state index contributed by atoms with van der Waals surface area (Å²) in [5.74, 6) is -0.442. The summed E-state index contributed by atoms with van der Waals surface area (Å²) >= 11 is 0. The van der Waals surface area contributed by atoms with Crippen molar-refractivity contribution in [3.8, 4) is 0 Å². The minimum atomic E-state index is -1.11. The summed E-state index contributed by atoms with van der Waals surface area (Å²) < 4.78 is 5.47. The van der Waals surface area contributed by atoms with Gasteiger partial charge in [-0.2, -0.15) is 0 Å². The molecule has 27 heavy (non-hydrogen) atoms. The summed E-state index contributed by atoms with van der Waals surface area (Å²) in [4.78, 5) is 22.6. The quantitative estimate of drug-likeness (QED) is 0.428. The predicted molar refractivity (Wildman–Crippen MR) is 103 cm³/mol. The highest BCUT2D eigenvalue weighted by atomic mass is 16.5. The second kappa shape index (κ2) is 6.09. The first-order valence-electron chi connectivity index (χ1n) is 10.7. The number of carboxylic acids is 1. The lowest BCUT2D eigenvalue weighted by Crippen LogP contribution is -2.58. The minimum Gasteiger partial charge on any atom is -0.481 e. The molecular formula is C23H34O4. The van der Waals surface area contributed by atoms with Gasteiger partial charge in [-0.1, -0.05) is 39.3 Å². The van der Waals surface area contributed by atoms with Crippen molar-refractivity contribution >= 4 is 11.9 Å². The van der Waals surface area contributed by atoms with E-state index in [-0.39, 0.29) is 5.41 Å². The number of esters is 1. The molecule has 1 spiro atoms. The van der Waals surface area contributed by atoms with E-state index < -0.39 is 18.4 Å². The second-order valence-corrected chi connectivity index (χ2v) is 10.8. The van der Waals surface area contributed by atoms with Gasteiger partial charge in [-0.25, -0.2) is 0 Å². The van der Waals surface area contributed by atoms with E-state index in [1.165, 1.54) is 44.9 Å². The van der Waals surface area contributed by atoms with Crippen LogP contribution in [0.3, 0.4) is 0 Å². The van der Waals surface area contributed by atoms with Crippen molar-refractivity contribution in [3.05, 3.63) is 12.2 Å². The molecule has 0 heterocycles. The van der Waals surface area contributed by atoms with Crippen molar-refractivity contribution in [3.63, 3.8) is 0 Å². The van der Waals surface area contributed by atoms with E-state index in [1.54, 1.807) is 0 Å². The van der Waals surface area contributed by atoms with E-state index in [2.05, 4.69) is 32.9 Å². The number of fused-ring (bicyclic) bond motifs is 3. The highest BCUT2D eigenvalue weighted by Gasteiger charge is 2.63. The van der Waals surface area contributed by atoms with Gasteiger partial charge in [-0.05, 0) is 73.0 Å². The molecule has 4 aliphatic rings. The molecule has 1 N–H and O–H groups in total. The van der Waals surface area contributed by atoms with Crippen LogP contribution in [0.1, 0.15) is 78.6 Å². The summed E-state index contributed by atoms with van der Waals surface area (Å²) in [6, 6.07) is 0. The molecule has 0 aliphatic heterocycles. The molecule has 4 aliphatic carbocycles. The number of carbonyl (C=O) groups excluding carboxylic acids is 1. The lowest BCUT2D eigenvalue weighted by atomic mass is 9.40. The number of carboxylic acid groups (broad SMARTS) is 1. The zero-order valence-corrected chi connectivity index (χ0v) is 17.1. The number of carbonyl (C=O) groups is 2. The number of hydrogen-bond donors (Lipinski definition) is 1. The predicted octanol–water partition coefficient (Wildman–Crippen LogP) is 4.97. The lowest BCUT2D eigenvalue weighted by molar-refractivity contribution is -0.173. The van der Waals surface area contributed by atoms with E-state index >= 15 is 0 Å². The van der Waals surface area contributed by atoms with Crippen molar-refractivity contribution in [1.82, 2.24) is 0 Å². The Balaban J connectivity index is 1.55. The van der Waals surface area contributed by atoms with Gasteiger partial charge in [0.2, 0.25) is 0 Å². The fraction of sp³-hybridized carbons (Fsp3) is 0.826. The molecule has 150 valence electrons. The van der Waals surface area contributed by atoms with Crippen LogP contribution in [0.4, 0.5) is 0 Å². The Morgan fingerprint density at radius 2 is 1.78 bits per heavy atom. The van der Waals surface area contributed by atoms with Crippen LogP contribution in [0.5, 0.6) is 0 Å². The SMILES string of the molecule is C[C@]12C=C[C@@]3(CCC4[C@@](C)(COC(=O)CC(=O)O)CCC[C@@]4(C)C3CC1)C2. The molecule has 4 nitrogen and oxygen atoms in total. The Labute approximate surface area is 162 Å². The summed E-state index contributed by atoms with van der Waals surface area (Å²) in [6.07, 6.45) is 14.4. The van der Waals surface area contributed by atoms with Crippen LogP contribution in [0.15, 0.2) is 12.2 Å². The van der Waals surface area contributed by atoms with Gasteiger partial charge in [0.25, 0.3) is 0 Å². The molecule has 0 amide bonds. The molecule has 4 heteroatoms. The Morgan fingerprint density at radius 3 is 2.52 bits per heavy atom. The van der Waals surface area contributed by atoms with Gasteiger partial charge in [0.15, 0.2) is 0 Å². The highest BCUT2D eigenvalue weighted by Crippen LogP contribution is 2.71. The van der Waals surface area contributed by atoms with Crippen LogP contribution in [0.2, 0.25) is 0 Å². The van der Waals surface area contributed by atoms with Crippen molar-refractivity contribution in [1.29, 1.82) is 0 Å². The first-order chi connectivity index (χ1) is 12.6. The van der Waals surface area contributed by atoms with Gasteiger partial charge < -0.3 is 9.84 Å². The monoisotopic (exact) mass is 374 g/mol. The van der Waals surface area contributed by atoms with Gasteiger partial charge in [-0.3, -0.25) is 9.59 Å². The van der Waals surface area contributed by atoms with Crippen LogP contribution in [0, 0.1) is 33.5 Å². The molecule has 3 fully saturated rings. The third kappa shape index (κ3) is 2.94. The van der Waals surface area contributed by atoms with Crippen molar-refractivity contribution in [2.45, 2.75) is 78.6 Å². The molecule has 0 aromatic carbocycles. The van der Waals surface area contributed by atoms with Crippen molar-refractivity contribution < 1.29 is 19.4 Å². The fourth-order valence-electron chi connectivity index (χ4n) is 7.86. The Morgan fingerprint density at radius 1 is 1.04 bits per heavy atom. The molecule has 6 atom stereocenters. The number of ether oxygens (including phenoxy) is 1. The average molecular weight is 375 g/mol. The molecule has 0 aromatic rings. The summed E-state index contributed by atoms with van der Waals surface area (Å²) in [7, 11) is 0. The standard InChI is InChI=1S/C23H34O4/c1-20-9-5-17-22(3)8-4-7-21(2,15-27-19(26)13-18(24)25)16(22)6-10-23(17,14-20)12-11-20/h11-12,16-17H,4-10,13-15H2,1-3H3,(H,24,25)/t16?,17?,20-,21-,22-,23+/m1/s1. The summed E-state index contributed by atoms with van der Waals surface area (Å²) in [5, 5.41) is 8.82. The van der Waals surface area contributed by atoms with Crippen molar-refractivity contribution in [2.24, 2.45) is 33.5 Å². The smallest absolute Gasteiger partial charge is 0.317 e. The van der Waals surface area contributed by atoms with Crippen LogP contribution >= 0.6 is 0 Å². The molecular weight excluding hydrogens is 340 g/mol. The largest absolute Gasteiger partial charge is 0.481 e. The van der Waals surface area contributed by atoms with Gasteiger partial charge in [-0.15, -0.1) is 0 Å².